The van der Waals surface area contributed by atoms with Crippen molar-refractivity contribution >= 4 is 34.3 Å². The third kappa shape index (κ3) is 4.76. The van der Waals surface area contributed by atoms with E-state index in [4.69, 9.17) is 4.74 Å². The summed E-state index contributed by atoms with van der Waals surface area (Å²) in [6.45, 7) is 5.27. The van der Waals surface area contributed by atoms with E-state index >= 15 is 0 Å². The Balaban J connectivity index is 2.05. The van der Waals surface area contributed by atoms with Crippen LogP contribution in [0, 0.1) is 5.82 Å². The quantitative estimate of drug-likeness (QED) is 0.910. The molecule has 1 aromatic carbocycles. The molecule has 0 unspecified atom stereocenters. The third-order valence-electron chi connectivity index (χ3n) is 2.80. The normalized spacial score (nSPS) is 11.0. The van der Waals surface area contributed by atoms with Gasteiger partial charge in [-0.15, -0.1) is 11.3 Å². The van der Waals surface area contributed by atoms with Gasteiger partial charge in [0.15, 0.2) is 5.13 Å². The third-order valence-corrected chi connectivity index (χ3v) is 3.72. The van der Waals surface area contributed by atoms with Crippen molar-refractivity contribution in [3.05, 3.63) is 41.0 Å². The summed E-state index contributed by atoms with van der Waals surface area (Å²) in [4.78, 5) is 29.6. The summed E-state index contributed by atoms with van der Waals surface area (Å²) in [5, 5.41) is 4.51. The lowest BCUT2D eigenvalue weighted by Crippen LogP contribution is -2.28. The lowest BCUT2D eigenvalue weighted by Gasteiger charge is -2.19. The SMILES string of the molecule is CN(C(=O)c1ccc(F)cc1)c1nc(NC(=O)OC(C)(C)C)cs1. The number of nitrogens with one attached hydrogen (secondary N) is 1. The van der Waals surface area contributed by atoms with Crippen LogP contribution in [-0.4, -0.2) is 29.6 Å². The predicted octanol–water partition coefficient (Wildman–Crippen LogP) is 3.91. The maximum absolute atomic E-state index is 12.9. The van der Waals surface area contributed by atoms with E-state index in [-0.39, 0.29) is 5.91 Å². The van der Waals surface area contributed by atoms with Crippen LogP contribution in [0.5, 0.6) is 0 Å². The first-order chi connectivity index (χ1) is 11.2. The Morgan fingerprint density at radius 3 is 2.46 bits per heavy atom. The Bertz CT molecular complexity index is 738. The standard InChI is InChI=1S/C16H18FN3O3S/c1-16(2,3)23-15(22)19-12-9-24-14(18-12)20(4)13(21)10-5-7-11(17)8-6-10/h5-9H,1-4H3,(H,19,22). The maximum Gasteiger partial charge on any atom is 0.413 e. The van der Waals surface area contributed by atoms with E-state index in [1.54, 1.807) is 33.2 Å². The minimum atomic E-state index is -0.619. The van der Waals surface area contributed by atoms with Crippen molar-refractivity contribution in [3.63, 3.8) is 0 Å². The second-order valence-electron chi connectivity index (χ2n) is 6.01. The number of halogens is 1. The number of aromatic nitrogens is 1. The first-order valence-electron chi connectivity index (χ1n) is 7.15. The lowest BCUT2D eigenvalue weighted by atomic mass is 10.2. The van der Waals surface area contributed by atoms with Crippen LogP contribution >= 0.6 is 11.3 Å². The van der Waals surface area contributed by atoms with Crippen LogP contribution in [0.15, 0.2) is 29.6 Å². The van der Waals surface area contributed by atoms with Gasteiger partial charge in [0.25, 0.3) is 5.91 Å². The van der Waals surface area contributed by atoms with E-state index in [0.29, 0.717) is 16.5 Å². The van der Waals surface area contributed by atoms with E-state index in [1.165, 1.54) is 40.5 Å². The monoisotopic (exact) mass is 351 g/mol. The van der Waals surface area contributed by atoms with Gasteiger partial charge in [-0.2, -0.15) is 0 Å². The number of carbonyl (C=O) groups is 2. The van der Waals surface area contributed by atoms with Crippen LogP contribution in [-0.2, 0) is 4.74 Å². The Hall–Kier alpha value is -2.48. The van der Waals surface area contributed by atoms with Crippen LogP contribution in [0.1, 0.15) is 31.1 Å². The molecule has 0 aliphatic rings. The second-order valence-corrected chi connectivity index (χ2v) is 6.85. The molecular weight excluding hydrogens is 333 g/mol. The molecule has 0 saturated heterocycles. The Morgan fingerprint density at radius 1 is 1.25 bits per heavy atom. The summed E-state index contributed by atoms with van der Waals surface area (Å²) < 4.78 is 18.1. The topological polar surface area (TPSA) is 71.5 Å². The van der Waals surface area contributed by atoms with Gasteiger partial charge >= 0.3 is 6.09 Å². The highest BCUT2D eigenvalue weighted by atomic mass is 32.1. The Labute approximate surface area is 143 Å². The number of anilines is 2. The van der Waals surface area contributed by atoms with Gasteiger partial charge in [-0.25, -0.2) is 14.2 Å². The first-order valence-corrected chi connectivity index (χ1v) is 8.03. The summed E-state index contributed by atoms with van der Waals surface area (Å²) in [5.74, 6) is -0.441. The Morgan fingerprint density at radius 2 is 1.88 bits per heavy atom. The van der Waals surface area contributed by atoms with Gasteiger partial charge in [-0.05, 0) is 45.0 Å². The summed E-state index contributed by atoms with van der Waals surface area (Å²) in [5.41, 5.74) is -0.270. The molecule has 8 heteroatoms. The molecule has 1 heterocycles. The van der Waals surface area contributed by atoms with E-state index in [2.05, 4.69) is 10.3 Å². The fraction of sp³-hybridized carbons (Fsp3) is 0.312. The second kappa shape index (κ2) is 6.96. The molecule has 1 N–H and O–H groups in total. The van der Waals surface area contributed by atoms with E-state index in [0.717, 1.165) is 0 Å². The number of amides is 2. The van der Waals surface area contributed by atoms with Crippen LogP contribution in [0.3, 0.4) is 0 Å². The smallest absolute Gasteiger partial charge is 0.413 e. The average Bonchev–Trinajstić information content (AvgIpc) is 2.92. The number of hydrogen-bond acceptors (Lipinski definition) is 5. The zero-order valence-electron chi connectivity index (χ0n) is 13.8. The van der Waals surface area contributed by atoms with Crippen molar-refractivity contribution in [2.24, 2.45) is 0 Å². The van der Waals surface area contributed by atoms with Crippen molar-refractivity contribution in [2.75, 3.05) is 17.3 Å². The number of benzene rings is 1. The number of carbonyl (C=O) groups excluding carboxylic acids is 2. The van der Waals surface area contributed by atoms with Gasteiger partial charge in [0.1, 0.15) is 17.2 Å². The summed E-state index contributed by atoms with van der Waals surface area (Å²) in [7, 11) is 1.56. The summed E-state index contributed by atoms with van der Waals surface area (Å²) in [6.07, 6.45) is -0.619. The van der Waals surface area contributed by atoms with Gasteiger partial charge < -0.3 is 4.74 Å². The van der Waals surface area contributed by atoms with Crippen molar-refractivity contribution < 1.29 is 18.7 Å². The summed E-state index contributed by atoms with van der Waals surface area (Å²) >= 11 is 1.19. The number of rotatable bonds is 3. The molecule has 0 fully saturated rings. The van der Waals surface area contributed by atoms with Gasteiger partial charge in [0, 0.05) is 18.0 Å². The molecule has 24 heavy (non-hydrogen) atoms. The van der Waals surface area contributed by atoms with Gasteiger partial charge in [-0.1, -0.05) is 0 Å². The molecule has 1 aromatic heterocycles. The van der Waals surface area contributed by atoms with Crippen LogP contribution < -0.4 is 10.2 Å². The first kappa shape index (κ1) is 17.9. The molecule has 0 aliphatic carbocycles. The van der Waals surface area contributed by atoms with E-state index in [9.17, 15) is 14.0 Å². The fourth-order valence-corrected chi connectivity index (χ4v) is 2.48. The van der Waals surface area contributed by atoms with Crippen molar-refractivity contribution in [1.82, 2.24) is 4.98 Å². The van der Waals surface area contributed by atoms with Gasteiger partial charge in [0.2, 0.25) is 0 Å². The number of thiazole rings is 1. The van der Waals surface area contributed by atoms with Crippen LogP contribution in [0.2, 0.25) is 0 Å². The predicted molar refractivity (Wildman–Crippen MR) is 91.1 cm³/mol. The van der Waals surface area contributed by atoms with Crippen LogP contribution in [0.4, 0.5) is 20.1 Å². The van der Waals surface area contributed by atoms with Crippen molar-refractivity contribution in [1.29, 1.82) is 0 Å². The highest BCUT2D eigenvalue weighted by Crippen LogP contribution is 2.24. The largest absolute Gasteiger partial charge is 0.444 e. The Kier molecular flexibility index (Phi) is 5.18. The molecule has 0 saturated carbocycles. The molecule has 2 rings (SSSR count). The number of ether oxygens (including phenoxy) is 1. The maximum atomic E-state index is 12.9. The zero-order chi connectivity index (χ0) is 17.9. The van der Waals surface area contributed by atoms with Crippen LogP contribution in [0.25, 0.3) is 0 Å². The van der Waals surface area contributed by atoms with E-state index < -0.39 is 17.5 Å². The molecule has 0 aliphatic heterocycles. The minimum Gasteiger partial charge on any atom is -0.444 e. The zero-order valence-corrected chi connectivity index (χ0v) is 14.6. The molecule has 2 amide bonds. The lowest BCUT2D eigenvalue weighted by molar-refractivity contribution is 0.0635. The fourth-order valence-electron chi connectivity index (χ4n) is 1.76. The molecule has 0 bridgehead atoms. The van der Waals surface area contributed by atoms with E-state index in [1.807, 2.05) is 0 Å². The minimum absolute atomic E-state index is 0.294. The van der Waals surface area contributed by atoms with Crippen molar-refractivity contribution in [2.45, 2.75) is 26.4 Å². The highest BCUT2D eigenvalue weighted by Gasteiger charge is 2.19. The average molecular weight is 351 g/mol. The molecule has 128 valence electrons. The van der Waals surface area contributed by atoms with Crippen molar-refractivity contribution in [3.8, 4) is 0 Å². The molecular formula is C16H18FN3O3S. The highest BCUT2D eigenvalue weighted by molar-refractivity contribution is 7.14. The molecule has 0 atom stereocenters. The molecule has 0 spiro atoms. The molecule has 2 aromatic rings. The van der Waals surface area contributed by atoms with Gasteiger partial charge in [-0.3, -0.25) is 15.0 Å². The molecule has 0 radical (unpaired) electrons. The number of hydrogen-bond donors (Lipinski definition) is 1. The molecule has 6 nitrogen and oxygen atoms in total. The number of nitrogens with zero attached hydrogens (tertiary/aromatic N) is 2. The van der Waals surface area contributed by atoms with Gasteiger partial charge in [0.05, 0.1) is 0 Å². The summed E-state index contributed by atoms with van der Waals surface area (Å²) in [6, 6.07) is 5.25.